The van der Waals surface area contributed by atoms with Gasteiger partial charge in [-0.25, -0.2) is 8.78 Å². The van der Waals surface area contributed by atoms with Crippen LogP contribution in [0.3, 0.4) is 0 Å². The molecule has 0 aliphatic carbocycles. The van der Waals surface area contributed by atoms with Crippen LogP contribution in [-0.2, 0) is 11.8 Å². The van der Waals surface area contributed by atoms with Crippen LogP contribution in [-0.4, -0.2) is 47.8 Å². The van der Waals surface area contributed by atoms with E-state index < -0.39 is 11.6 Å². The van der Waals surface area contributed by atoms with E-state index in [0.717, 1.165) is 41.7 Å². The van der Waals surface area contributed by atoms with Crippen LogP contribution in [0.15, 0.2) is 48.7 Å². The van der Waals surface area contributed by atoms with Crippen molar-refractivity contribution < 1.29 is 18.3 Å². The normalized spacial score (nSPS) is 10.5. The van der Waals surface area contributed by atoms with Crippen molar-refractivity contribution in [1.82, 2.24) is 14.7 Å². The van der Waals surface area contributed by atoms with Gasteiger partial charge in [-0.15, -0.1) is 0 Å². The van der Waals surface area contributed by atoms with Gasteiger partial charge in [0.25, 0.3) is 0 Å². The molecule has 172 valence electrons. The Balaban J connectivity index is 0.000000336. The molecule has 1 aromatic heterocycles. The second-order valence-corrected chi connectivity index (χ2v) is 7.63. The molecule has 3 aromatic rings. The molecule has 0 radical (unpaired) electrons. The molecule has 3 rings (SSSR count). The third-order valence-corrected chi connectivity index (χ3v) is 4.54. The number of ether oxygens (including phenoxy) is 1. The zero-order valence-electron chi connectivity index (χ0n) is 19.2. The van der Waals surface area contributed by atoms with E-state index in [1.54, 1.807) is 17.8 Å². The predicted octanol–water partition coefficient (Wildman–Crippen LogP) is 4.65. The number of benzene rings is 2. The largest absolute Gasteiger partial charge is 0.493 e. The summed E-state index contributed by atoms with van der Waals surface area (Å²) in [4.78, 5) is 13.4. The minimum atomic E-state index is -0.530. The van der Waals surface area contributed by atoms with Crippen LogP contribution in [0.1, 0.15) is 18.9 Å². The van der Waals surface area contributed by atoms with Gasteiger partial charge in [0.05, 0.1) is 12.3 Å². The highest BCUT2D eigenvalue weighted by atomic mass is 19.1. The summed E-state index contributed by atoms with van der Waals surface area (Å²) < 4.78 is 32.2. The van der Waals surface area contributed by atoms with Gasteiger partial charge in [0.2, 0.25) is 5.91 Å². The smallest absolute Gasteiger partial charge is 0.221 e. The molecule has 6 nitrogen and oxygen atoms in total. The van der Waals surface area contributed by atoms with Gasteiger partial charge in [-0.1, -0.05) is 6.07 Å². The highest BCUT2D eigenvalue weighted by Gasteiger charge is 2.12. The fraction of sp³-hybridized carbons (Fsp3) is 0.333. The predicted molar refractivity (Wildman–Crippen MR) is 123 cm³/mol. The zero-order chi connectivity index (χ0) is 23.7. The monoisotopic (exact) mass is 444 g/mol. The van der Waals surface area contributed by atoms with Crippen molar-refractivity contribution in [2.45, 2.75) is 20.3 Å². The number of hydrogen-bond donors (Lipinski definition) is 1. The number of nitrogens with one attached hydrogen (secondary N) is 1. The standard InChI is InChI=1S/C17H24N4O2.C7H6F2/c1-13(22)19-14-6-7-17(23-11-5-10-20(2)3)15(12-14)16-8-9-18-21(16)4;1-5-2-3-6(8)4-7(5)9/h6-9,12H,5,10-11H2,1-4H3,(H,19,22);2-4H,1H3. The van der Waals surface area contributed by atoms with E-state index >= 15 is 0 Å². The van der Waals surface area contributed by atoms with E-state index in [-0.39, 0.29) is 5.91 Å². The lowest BCUT2D eigenvalue weighted by atomic mass is 10.1. The van der Waals surface area contributed by atoms with Crippen LogP contribution >= 0.6 is 0 Å². The van der Waals surface area contributed by atoms with Crippen molar-refractivity contribution in [3.63, 3.8) is 0 Å². The van der Waals surface area contributed by atoms with E-state index in [1.807, 2.05) is 45.4 Å². The number of halogens is 2. The van der Waals surface area contributed by atoms with Gasteiger partial charge < -0.3 is 15.0 Å². The van der Waals surface area contributed by atoms with Crippen molar-refractivity contribution in [1.29, 1.82) is 0 Å². The Kier molecular flexibility index (Phi) is 9.34. The molecule has 0 atom stereocenters. The number of amides is 1. The summed E-state index contributed by atoms with van der Waals surface area (Å²) in [6.45, 7) is 4.71. The number of carbonyl (C=O) groups excluding carboxylic acids is 1. The Morgan fingerprint density at radius 1 is 1.16 bits per heavy atom. The van der Waals surface area contributed by atoms with E-state index in [1.165, 1.54) is 19.1 Å². The highest BCUT2D eigenvalue weighted by Crippen LogP contribution is 2.32. The molecule has 32 heavy (non-hydrogen) atoms. The molecule has 0 saturated heterocycles. The molecule has 2 aromatic carbocycles. The second kappa shape index (κ2) is 12.0. The first kappa shape index (κ1) is 25.0. The molecule has 1 heterocycles. The van der Waals surface area contributed by atoms with Crippen LogP contribution in [0.5, 0.6) is 5.75 Å². The molecule has 0 bridgehead atoms. The SMILES string of the molecule is CC(=O)Nc1ccc(OCCCN(C)C)c(-c2ccnn2C)c1.Cc1ccc(F)cc1F. The number of hydrogen-bond acceptors (Lipinski definition) is 4. The third kappa shape index (κ3) is 7.77. The van der Waals surface area contributed by atoms with Crippen LogP contribution < -0.4 is 10.1 Å². The van der Waals surface area contributed by atoms with Crippen LogP contribution in [0.25, 0.3) is 11.3 Å². The van der Waals surface area contributed by atoms with Gasteiger partial charge >= 0.3 is 0 Å². The number of anilines is 1. The van der Waals surface area contributed by atoms with Crippen molar-refractivity contribution in [3.8, 4) is 17.0 Å². The van der Waals surface area contributed by atoms with Gasteiger partial charge in [-0.05, 0) is 63.3 Å². The topological polar surface area (TPSA) is 59.4 Å². The minimum Gasteiger partial charge on any atom is -0.493 e. The van der Waals surface area contributed by atoms with Crippen molar-refractivity contribution in [2.24, 2.45) is 7.05 Å². The molecule has 0 fully saturated rings. The molecule has 0 aliphatic heterocycles. The second-order valence-electron chi connectivity index (χ2n) is 7.63. The number of nitrogens with zero attached hydrogens (tertiary/aromatic N) is 3. The van der Waals surface area contributed by atoms with Crippen molar-refractivity contribution in [2.75, 3.05) is 32.6 Å². The van der Waals surface area contributed by atoms with Crippen molar-refractivity contribution in [3.05, 3.63) is 65.9 Å². The van der Waals surface area contributed by atoms with E-state index in [4.69, 9.17) is 4.74 Å². The molecule has 8 heteroatoms. The van der Waals surface area contributed by atoms with E-state index in [0.29, 0.717) is 12.2 Å². The molecule has 0 saturated carbocycles. The summed E-state index contributed by atoms with van der Waals surface area (Å²) in [5.74, 6) is -0.324. The maximum Gasteiger partial charge on any atom is 0.221 e. The number of rotatable bonds is 7. The number of aromatic nitrogens is 2. The van der Waals surface area contributed by atoms with Crippen LogP contribution in [0.4, 0.5) is 14.5 Å². The molecule has 1 N–H and O–H groups in total. The number of carbonyl (C=O) groups is 1. The summed E-state index contributed by atoms with van der Waals surface area (Å²) in [7, 11) is 5.98. The molecule has 0 unspecified atom stereocenters. The summed E-state index contributed by atoms with van der Waals surface area (Å²) in [6, 6.07) is 11.1. The lowest BCUT2D eigenvalue weighted by Gasteiger charge is -2.15. The molecule has 0 spiro atoms. The molecule has 0 aliphatic rings. The van der Waals surface area contributed by atoms with Crippen LogP contribution in [0.2, 0.25) is 0 Å². The summed E-state index contributed by atoms with van der Waals surface area (Å²) in [5, 5.41) is 7.02. The summed E-state index contributed by atoms with van der Waals surface area (Å²) in [5.41, 5.74) is 3.08. The van der Waals surface area contributed by atoms with E-state index in [2.05, 4.69) is 15.3 Å². The molecular weight excluding hydrogens is 414 g/mol. The molecule has 1 amide bonds. The fourth-order valence-corrected chi connectivity index (χ4v) is 2.91. The average molecular weight is 445 g/mol. The lowest BCUT2D eigenvalue weighted by Crippen LogP contribution is -2.15. The quantitative estimate of drug-likeness (QED) is 0.539. The Bertz CT molecular complexity index is 1030. The summed E-state index contributed by atoms with van der Waals surface area (Å²) in [6.07, 6.45) is 2.70. The van der Waals surface area contributed by atoms with Crippen molar-refractivity contribution >= 4 is 11.6 Å². The Labute approximate surface area is 187 Å². The number of aryl methyl sites for hydroxylation is 2. The Hall–Kier alpha value is -3.26. The third-order valence-electron chi connectivity index (χ3n) is 4.54. The van der Waals surface area contributed by atoms with Crippen LogP contribution in [0, 0.1) is 18.6 Å². The first-order valence-corrected chi connectivity index (χ1v) is 10.3. The van der Waals surface area contributed by atoms with Gasteiger partial charge in [-0.3, -0.25) is 9.48 Å². The van der Waals surface area contributed by atoms with Gasteiger partial charge in [0, 0.05) is 44.0 Å². The molecular formula is C24H30F2N4O2. The average Bonchev–Trinajstić information content (AvgIpc) is 3.14. The minimum absolute atomic E-state index is 0.0967. The van der Waals surface area contributed by atoms with Gasteiger partial charge in [0.15, 0.2) is 0 Å². The zero-order valence-corrected chi connectivity index (χ0v) is 19.2. The Morgan fingerprint density at radius 3 is 2.47 bits per heavy atom. The Morgan fingerprint density at radius 2 is 1.91 bits per heavy atom. The van der Waals surface area contributed by atoms with Gasteiger partial charge in [-0.2, -0.15) is 5.10 Å². The first-order chi connectivity index (χ1) is 15.2. The van der Waals surface area contributed by atoms with Gasteiger partial charge in [0.1, 0.15) is 17.4 Å². The lowest BCUT2D eigenvalue weighted by molar-refractivity contribution is -0.114. The maximum atomic E-state index is 12.3. The summed E-state index contributed by atoms with van der Waals surface area (Å²) >= 11 is 0. The highest BCUT2D eigenvalue weighted by molar-refractivity contribution is 5.90. The maximum absolute atomic E-state index is 12.3. The first-order valence-electron chi connectivity index (χ1n) is 10.3. The fourth-order valence-electron chi connectivity index (χ4n) is 2.91. The van der Waals surface area contributed by atoms with E-state index in [9.17, 15) is 13.6 Å².